The highest BCUT2D eigenvalue weighted by molar-refractivity contribution is 5.76. The molecule has 0 aromatic rings. The molecule has 5 aliphatic carbocycles. The molecule has 5 aliphatic rings. The van der Waals surface area contributed by atoms with E-state index in [1.165, 1.54) is 25.7 Å². The lowest BCUT2D eigenvalue weighted by Gasteiger charge is -2.72. The molecular formula is C34H57NO4. The van der Waals surface area contributed by atoms with E-state index in [1.807, 2.05) is 14.0 Å². The second-order valence-electron chi connectivity index (χ2n) is 16.3. The molecule has 0 aromatic heterocycles. The SMILES string of the molecule is CCN(C)C(=O)O[C@@H]1CC[C@@]2(C)C(CC[C@]3(C)C2CCC2C4[C@H](C(C)C)CC[C@]4(C(=O)O)CC[C@]23C)C1(C)C. The van der Waals surface area contributed by atoms with Crippen LogP contribution in [0.2, 0.25) is 0 Å². The van der Waals surface area contributed by atoms with Crippen LogP contribution in [0.5, 0.6) is 0 Å². The molecule has 10 atom stereocenters. The fourth-order valence-electron chi connectivity index (χ4n) is 12.3. The maximum atomic E-state index is 12.9. The first kappa shape index (κ1) is 29.2. The summed E-state index contributed by atoms with van der Waals surface area (Å²) in [5.74, 6) is 2.55. The Morgan fingerprint density at radius 2 is 1.56 bits per heavy atom. The molecule has 0 aromatic carbocycles. The van der Waals surface area contributed by atoms with E-state index in [-0.39, 0.29) is 33.9 Å². The van der Waals surface area contributed by atoms with Crippen molar-refractivity contribution < 1.29 is 19.4 Å². The number of nitrogens with zero attached hydrogens (tertiary/aromatic N) is 1. The van der Waals surface area contributed by atoms with Crippen molar-refractivity contribution in [3.63, 3.8) is 0 Å². The quantitative estimate of drug-likeness (QED) is 0.387. The van der Waals surface area contributed by atoms with E-state index < -0.39 is 11.4 Å². The zero-order valence-corrected chi connectivity index (χ0v) is 26.4. The van der Waals surface area contributed by atoms with E-state index in [4.69, 9.17) is 4.74 Å². The summed E-state index contributed by atoms with van der Waals surface area (Å²) in [5.41, 5.74) is 0.0628. The molecule has 0 spiro atoms. The van der Waals surface area contributed by atoms with E-state index >= 15 is 0 Å². The van der Waals surface area contributed by atoms with E-state index in [1.54, 1.807) is 4.90 Å². The van der Waals surface area contributed by atoms with Crippen LogP contribution in [0, 0.1) is 62.6 Å². The third-order valence-corrected chi connectivity index (χ3v) is 14.7. The number of carbonyl (C=O) groups excluding carboxylic acids is 1. The Labute approximate surface area is 238 Å². The molecule has 4 unspecified atom stereocenters. The molecule has 5 rings (SSSR count). The monoisotopic (exact) mass is 543 g/mol. The molecule has 0 bridgehead atoms. The van der Waals surface area contributed by atoms with Crippen LogP contribution in [-0.4, -0.2) is 41.8 Å². The standard InChI is InChI=1S/C34H57NO4/c1-10-35(9)29(38)39-26-15-16-31(6)24(30(26,4)5)14-17-33(8)25(31)12-11-23-27-22(21(2)3)13-18-34(27,28(36)37)20-19-32(23,33)7/h21-27H,10-20H2,1-9H3,(H,36,37)/t22-,23?,24?,25?,26+,27?,31-,32+,33+,34-/m0/s1. The zero-order valence-electron chi connectivity index (χ0n) is 26.4. The lowest BCUT2D eigenvalue weighted by Crippen LogP contribution is -2.67. The smallest absolute Gasteiger partial charge is 0.409 e. The lowest BCUT2D eigenvalue weighted by molar-refractivity contribution is -0.249. The summed E-state index contributed by atoms with van der Waals surface area (Å²) < 4.78 is 6.17. The summed E-state index contributed by atoms with van der Waals surface area (Å²) in [6.45, 7) is 19.8. The first-order valence-corrected chi connectivity index (χ1v) is 16.3. The molecule has 0 aliphatic heterocycles. The average Bonchev–Trinajstić information content (AvgIpc) is 3.27. The van der Waals surface area contributed by atoms with Crippen molar-refractivity contribution in [3.8, 4) is 0 Å². The Balaban J connectivity index is 1.46. The second kappa shape index (κ2) is 9.38. The summed E-state index contributed by atoms with van der Waals surface area (Å²) in [6.07, 6.45) is 10.5. The molecule has 5 heteroatoms. The van der Waals surface area contributed by atoms with E-state index in [9.17, 15) is 14.7 Å². The first-order valence-electron chi connectivity index (χ1n) is 16.3. The fourth-order valence-corrected chi connectivity index (χ4v) is 12.3. The van der Waals surface area contributed by atoms with Crippen molar-refractivity contribution in [2.45, 2.75) is 126 Å². The summed E-state index contributed by atoms with van der Waals surface area (Å²) in [6, 6.07) is 0. The molecule has 5 saturated carbocycles. The van der Waals surface area contributed by atoms with Crippen molar-refractivity contribution in [3.05, 3.63) is 0 Å². The average molecular weight is 544 g/mol. The molecule has 0 radical (unpaired) electrons. The fraction of sp³-hybridized carbons (Fsp3) is 0.941. The number of carbonyl (C=O) groups is 2. The normalized spacial score (nSPS) is 48.4. The van der Waals surface area contributed by atoms with Gasteiger partial charge < -0.3 is 14.7 Å². The molecule has 1 N–H and O–H groups in total. The molecule has 222 valence electrons. The van der Waals surface area contributed by atoms with Crippen molar-refractivity contribution >= 4 is 12.1 Å². The van der Waals surface area contributed by atoms with E-state index in [2.05, 4.69) is 48.5 Å². The van der Waals surface area contributed by atoms with Gasteiger partial charge in [0.25, 0.3) is 0 Å². The van der Waals surface area contributed by atoms with Crippen molar-refractivity contribution in [1.82, 2.24) is 4.90 Å². The Kier molecular flexibility index (Phi) is 7.03. The minimum atomic E-state index is -0.510. The lowest BCUT2D eigenvalue weighted by atomic mass is 9.32. The number of amides is 1. The minimum Gasteiger partial charge on any atom is -0.481 e. The van der Waals surface area contributed by atoms with Crippen LogP contribution in [0.1, 0.15) is 120 Å². The molecule has 5 fully saturated rings. The maximum Gasteiger partial charge on any atom is 0.409 e. The molecule has 0 heterocycles. The van der Waals surface area contributed by atoms with E-state index in [0.29, 0.717) is 42.1 Å². The number of carboxylic acid groups (broad SMARTS) is 1. The van der Waals surface area contributed by atoms with Gasteiger partial charge in [-0.3, -0.25) is 4.79 Å². The van der Waals surface area contributed by atoms with Gasteiger partial charge in [-0.1, -0.05) is 48.5 Å². The first-order chi connectivity index (χ1) is 18.1. The number of hydrogen-bond donors (Lipinski definition) is 1. The van der Waals surface area contributed by atoms with Crippen LogP contribution in [0.4, 0.5) is 4.79 Å². The summed E-state index contributed by atoms with van der Waals surface area (Å²) in [5, 5.41) is 10.6. The molecule has 5 nitrogen and oxygen atoms in total. The van der Waals surface area contributed by atoms with E-state index in [0.717, 1.165) is 38.5 Å². The van der Waals surface area contributed by atoms with Crippen LogP contribution < -0.4 is 0 Å². The number of hydrogen-bond acceptors (Lipinski definition) is 3. The molecule has 1 amide bonds. The number of fused-ring (bicyclic) bond motifs is 7. The number of carboxylic acids is 1. The van der Waals surface area contributed by atoms with Crippen LogP contribution in [0.15, 0.2) is 0 Å². The van der Waals surface area contributed by atoms with Gasteiger partial charge in [-0.25, -0.2) is 4.79 Å². The topological polar surface area (TPSA) is 66.8 Å². The summed E-state index contributed by atoms with van der Waals surface area (Å²) in [7, 11) is 1.82. The second-order valence-corrected chi connectivity index (χ2v) is 16.3. The number of ether oxygens (including phenoxy) is 1. The molecule has 0 saturated heterocycles. The number of aliphatic carboxylic acids is 1. The summed E-state index contributed by atoms with van der Waals surface area (Å²) in [4.78, 5) is 27.3. The number of rotatable bonds is 4. The van der Waals surface area contributed by atoms with Gasteiger partial charge in [0.1, 0.15) is 6.10 Å². The molecular weight excluding hydrogens is 486 g/mol. The van der Waals surface area contributed by atoms with Crippen LogP contribution in [0.25, 0.3) is 0 Å². The third kappa shape index (κ3) is 3.82. The predicted octanol–water partition coefficient (Wildman–Crippen LogP) is 8.27. The van der Waals surface area contributed by atoms with Crippen molar-refractivity contribution in [1.29, 1.82) is 0 Å². The van der Waals surface area contributed by atoms with Crippen molar-refractivity contribution in [2.24, 2.45) is 62.6 Å². The Morgan fingerprint density at radius 3 is 2.18 bits per heavy atom. The zero-order chi connectivity index (χ0) is 28.8. The highest BCUT2D eigenvalue weighted by Crippen LogP contribution is 2.77. The summed E-state index contributed by atoms with van der Waals surface area (Å²) >= 11 is 0. The van der Waals surface area contributed by atoms with Crippen LogP contribution in [0.3, 0.4) is 0 Å². The third-order valence-electron chi connectivity index (χ3n) is 14.7. The van der Waals surface area contributed by atoms with Crippen LogP contribution in [-0.2, 0) is 9.53 Å². The van der Waals surface area contributed by atoms with Gasteiger partial charge in [0.05, 0.1) is 5.41 Å². The van der Waals surface area contributed by atoms with Crippen LogP contribution >= 0.6 is 0 Å². The maximum absolute atomic E-state index is 12.9. The Bertz CT molecular complexity index is 992. The largest absolute Gasteiger partial charge is 0.481 e. The van der Waals surface area contributed by atoms with Gasteiger partial charge in [-0.2, -0.15) is 0 Å². The van der Waals surface area contributed by atoms with Gasteiger partial charge in [0.15, 0.2) is 0 Å². The van der Waals surface area contributed by atoms with Gasteiger partial charge in [-0.15, -0.1) is 0 Å². The van der Waals surface area contributed by atoms with Gasteiger partial charge >= 0.3 is 12.1 Å². The van der Waals surface area contributed by atoms with Gasteiger partial charge in [0.2, 0.25) is 0 Å². The predicted molar refractivity (Wildman–Crippen MR) is 155 cm³/mol. The van der Waals surface area contributed by atoms with Gasteiger partial charge in [0, 0.05) is 19.0 Å². The molecule has 39 heavy (non-hydrogen) atoms. The highest BCUT2D eigenvalue weighted by atomic mass is 16.6. The Hall–Kier alpha value is -1.26. The minimum absolute atomic E-state index is 0.0375. The highest BCUT2D eigenvalue weighted by Gasteiger charge is 2.72. The van der Waals surface area contributed by atoms with Gasteiger partial charge in [-0.05, 0) is 123 Å². The van der Waals surface area contributed by atoms with Crippen molar-refractivity contribution in [2.75, 3.05) is 13.6 Å². The Morgan fingerprint density at radius 1 is 0.872 bits per heavy atom.